The van der Waals surface area contributed by atoms with Gasteiger partial charge in [0.15, 0.2) is 17.5 Å². The van der Waals surface area contributed by atoms with Crippen LogP contribution in [-0.4, -0.2) is 19.9 Å². The quantitative estimate of drug-likeness (QED) is 0.186. The molecule has 11 rings (SSSR count). The average molecular weight is 667 g/mol. The van der Waals surface area contributed by atoms with Gasteiger partial charge < -0.3 is 8.83 Å². The molecule has 0 fully saturated rings. The van der Waals surface area contributed by atoms with Crippen LogP contribution in [0.15, 0.2) is 167 Å². The first kappa shape index (κ1) is 28.6. The molecular formula is C46H26N4O2. The van der Waals surface area contributed by atoms with Crippen LogP contribution < -0.4 is 0 Å². The highest BCUT2D eigenvalue weighted by atomic mass is 16.3. The third-order valence-electron chi connectivity index (χ3n) is 9.94. The molecule has 0 aliphatic rings. The number of hydrogen-bond acceptors (Lipinski definition) is 6. The molecule has 0 saturated heterocycles. The van der Waals surface area contributed by atoms with Crippen molar-refractivity contribution in [3.8, 4) is 45.3 Å². The normalized spacial score (nSPS) is 11.8. The van der Waals surface area contributed by atoms with E-state index >= 15 is 0 Å². The lowest BCUT2D eigenvalue weighted by molar-refractivity contribution is 0.668. The van der Waals surface area contributed by atoms with Gasteiger partial charge in [0.25, 0.3) is 0 Å². The van der Waals surface area contributed by atoms with Gasteiger partial charge in [-0.3, -0.25) is 4.98 Å². The number of rotatable bonds is 4. The zero-order chi connectivity index (χ0) is 34.2. The minimum Gasteiger partial charge on any atom is -0.456 e. The van der Waals surface area contributed by atoms with Crippen molar-refractivity contribution in [1.82, 2.24) is 19.9 Å². The summed E-state index contributed by atoms with van der Waals surface area (Å²) in [6, 6.07) is 51.6. The third-order valence-corrected chi connectivity index (χ3v) is 9.94. The smallest absolute Gasteiger partial charge is 0.164 e. The Hall–Kier alpha value is -7.18. The van der Waals surface area contributed by atoms with E-state index in [0.717, 1.165) is 93.4 Å². The Balaban J connectivity index is 1.19. The van der Waals surface area contributed by atoms with E-state index in [-0.39, 0.29) is 0 Å². The molecule has 4 aromatic heterocycles. The molecule has 0 bridgehead atoms. The molecule has 0 aliphatic heterocycles. The van der Waals surface area contributed by atoms with Crippen LogP contribution in [0, 0.1) is 0 Å². The SMILES string of the molecule is c1ccc(-c2nc(-c3cc(-c4cccc5oc6cc7ncccc7cc6c45)c4ccccc4c3)nc(-c3cccc4oc5ccccc5c34)n2)cc1. The fraction of sp³-hybridized carbons (Fsp3) is 0. The molecule has 0 radical (unpaired) electrons. The molecule has 242 valence electrons. The van der Waals surface area contributed by atoms with Crippen LogP contribution >= 0.6 is 0 Å². The Morgan fingerprint density at radius 2 is 1.02 bits per heavy atom. The van der Waals surface area contributed by atoms with Crippen molar-refractivity contribution in [3.63, 3.8) is 0 Å². The first-order valence-electron chi connectivity index (χ1n) is 17.2. The van der Waals surface area contributed by atoms with Gasteiger partial charge in [-0.05, 0) is 64.4 Å². The van der Waals surface area contributed by atoms with E-state index in [9.17, 15) is 0 Å². The predicted octanol–water partition coefficient (Wildman–Crippen LogP) is 12.0. The monoisotopic (exact) mass is 666 g/mol. The van der Waals surface area contributed by atoms with Gasteiger partial charge in [-0.15, -0.1) is 0 Å². The van der Waals surface area contributed by atoms with Crippen molar-refractivity contribution in [2.24, 2.45) is 0 Å². The molecule has 11 aromatic rings. The fourth-order valence-corrected chi connectivity index (χ4v) is 7.58. The number of para-hydroxylation sites is 1. The third kappa shape index (κ3) is 4.44. The summed E-state index contributed by atoms with van der Waals surface area (Å²) in [5.41, 5.74) is 8.99. The average Bonchev–Trinajstić information content (AvgIpc) is 3.78. The van der Waals surface area contributed by atoms with Crippen LogP contribution in [0.5, 0.6) is 0 Å². The molecule has 6 nitrogen and oxygen atoms in total. The standard InChI is InChI=1S/C46H26N4O2/c1-2-11-27(12-3-1)44-48-45(50-46(49-44)34-18-9-21-40-43(34)33-16-6-7-19-38(33)51-40)30-23-28-13-4-5-15-31(28)35(25-30)32-17-8-20-39-42(32)36-24-29-14-10-22-47-37(29)26-41(36)52-39/h1-26H. The summed E-state index contributed by atoms with van der Waals surface area (Å²) in [5, 5.41) is 7.39. The zero-order valence-electron chi connectivity index (χ0n) is 27.6. The van der Waals surface area contributed by atoms with E-state index in [1.54, 1.807) is 0 Å². The first-order chi connectivity index (χ1) is 25.7. The lowest BCUT2D eigenvalue weighted by atomic mass is 9.92. The Morgan fingerprint density at radius 1 is 0.365 bits per heavy atom. The molecule has 0 saturated carbocycles. The molecule has 0 aliphatic carbocycles. The summed E-state index contributed by atoms with van der Waals surface area (Å²) in [7, 11) is 0. The maximum Gasteiger partial charge on any atom is 0.164 e. The van der Waals surface area contributed by atoms with E-state index in [4.69, 9.17) is 23.8 Å². The summed E-state index contributed by atoms with van der Waals surface area (Å²) in [4.78, 5) is 20.0. The summed E-state index contributed by atoms with van der Waals surface area (Å²) >= 11 is 0. The molecule has 0 amide bonds. The summed E-state index contributed by atoms with van der Waals surface area (Å²) in [6.45, 7) is 0. The Bertz CT molecular complexity index is 3200. The van der Waals surface area contributed by atoms with Gasteiger partial charge in [0.1, 0.15) is 22.3 Å². The van der Waals surface area contributed by atoms with Crippen LogP contribution in [0.3, 0.4) is 0 Å². The number of benzene rings is 7. The van der Waals surface area contributed by atoms with Crippen molar-refractivity contribution in [2.45, 2.75) is 0 Å². The zero-order valence-corrected chi connectivity index (χ0v) is 27.6. The lowest BCUT2D eigenvalue weighted by Crippen LogP contribution is -2.00. The van der Waals surface area contributed by atoms with Crippen molar-refractivity contribution >= 4 is 65.6 Å². The van der Waals surface area contributed by atoms with Crippen LogP contribution in [0.25, 0.3) is 111 Å². The summed E-state index contributed by atoms with van der Waals surface area (Å²) < 4.78 is 12.7. The van der Waals surface area contributed by atoms with Crippen LogP contribution in [-0.2, 0) is 0 Å². The number of aromatic nitrogens is 4. The van der Waals surface area contributed by atoms with E-state index in [1.807, 2.05) is 85.1 Å². The van der Waals surface area contributed by atoms with Gasteiger partial charge in [0.2, 0.25) is 0 Å². The number of fused-ring (bicyclic) bond motifs is 8. The minimum atomic E-state index is 0.583. The number of furan rings is 2. The Kier molecular flexibility index (Phi) is 6.15. The molecule has 0 unspecified atom stereocenters. The largest absolute Gasteiger partial charge is 0.456 e. The van der Waals surface area contributed by atoms with Gasteiger partial charge in [0.05, 0.1) is 5.52 Å². The molecule has 0 N–H and O–H groups in total. The summed E-state index contributed by atoms with van der Waals surface area (Å²) in [5.74, 6) is 1.77. The van der Waals surface area contributed by atoms with Crippen molar-refractivity contribution in [2.75, 3.05) is 0 Å². The highest BCUT2D eigenvalue weighted by molar-refractivity contribution is 6.18. The summed E-state index contributed by atoms with van der Waals surface area (Å²) in [6.07, 6.45) is 1.81. The molecule has 0 spiro atoms. The van der Waals surface area contributed by atoms with Gasteiger partial charge >= 0.3 is 0 Å². The van der Waals surface area contributed by atoms with Crippen LogP contribution in [0.1, 0.15) is 0 Å². The van der Waals surface area contributed by atoms with Crippen molar-refractivity contribution < 1.29 is 8.83 Å². The number of hydrogen-bond donors (Lipinski definition) is 0. The van der Waals surface area contributed by atoms with Gasteiger partial charge in [0, 0.05) is 55.9 Å². The Morgan fingerprint density at radius 3 is 1.88 bits per heavy atom. The van der Waals surface area contributed by atoms with Gasteiger partial charge in [-0.2, -0.15) is 0 Å². The van der Waals surface area contributed by atoms with E-state index in [0.29, 0.717) is 17.5 Å². The van der Waals surface area contributed by atoms with E-state index < -0.39 is 0 Å². The predicted molar refractivity (Wildman–Crippen MR) is 209 cm³/mol. The maximum absolute atomic E-state index is 6.46. The van der Waals surface area contributed by atoms with Crippen LogP contribution in [0.2, 0.25) is 0 Å². The first-order valence-corrected chi connectivity index (χ1v) is 17.2. The van der Waals surface area contributed by atoms with Crippen molar-refractivity contribution in [1.29, 1.82) is 0 Å². The molecular weight excluding hydrogens is 641 g/mol. The van der Waals surface area contributed by atoms with Crippen LogP contribution in [0.4, 0.5) is 0 Å². The molecule has 0 atom stereocenters. The number of nitrogens with zero attached hydrogens (tertiary/aromatic N) is 4. The van der Waals surface area contributed by atoms with E-state index in [1.165, 1.54) is 0 Å². The highest BCUT2D eigenvalue weighted by Gasteiger charge is 2.20. The molecule has 52 heavy (non-hydrogen) atoms. The highest BCUT2D eigenvalue weighted by Crippen LogP contribution is 2.42. The second-order valence-electron chi connectivity index (χ2n) is 13.0. The second kappa shape index (κ2) is 11.2. The lowest BCUT2D eigenvalue weighted by Gasteiger charge is -2.13. The number of pyridine rings is 1. The topological polar surface area (TPSA) is 77.8 Å². The molecule has 7 aromatic carbocycles. The van der Waals surface area contributed by atoms with Gasteiger partial charge in [-0.25, -0.2) is 15.0 Å². The van der Waals surface area contributed by atoms with Gasteiger partial charge in [-0.1, -0.05) is 103 Å². The van der Waals surface area contributed by atoms with E-state index in [2.05, 4.69) is 77.8 Å². The fourth-order valence-electron chi connectivity index (χ4n) is 7.58. The minimum absolute atomic E-state index is 0.583. The molecule has 4 heterocycles. The second-order valence-corrected chi connectivity index (χ2v) is 13.0. The Labute approximate surface area is 296 Å². The maximum atomic E-state index is 6.46. The molecule has 6 heteroatoms. The van der Waals surface area contributed by atoms with Crippen molar-refractivity contribution in [3.05, 3.63) is 158 Å².